The van der Waals surface area contributed by atoms with E-state index in [9.17, 15) is 0 Å². The summed E-state index contributed by atoms with van der Waals surface area (Å²) in [5.74, 6) is 2.41. The third kappa shape index (κ3) is 5.38. The summed E-state index contributed by atoms with van der Waals surface area (Å²) in [6.45, 7) is 17.0. The van der Waals surface area contributed by atoms with Gasteiger partial charge >= 0.3 is 0 Å². The third-order valence-electron chi connectivity index (χ3n) is 8.29. The van der Waals surface area contributed by atoms with Gasteiger partial charge in [-0.2, -0.15) is 0 Å². The van der Waals surface area contributed by atoms with Crippen molar-refractivity contribution in [2.75, 3.05) is 12.3 Å². The first-order chi connectivity index (χ1) is 17.6. The molecule has 1 aliphatic rings. The molecule has 37 heavy (non-hydrogen) atoms. The first-order valence-corrected chi connectivity index (χ1v) is 13.9. The molecule has 2 aromatic carbocycles. The van der Waals surface area contributed by atoms with Crippen LogP contribution < -0.4 is 5.73 Å². The fraction of sp³-hybridized carbons (Fsp3) is 0.500. The van der Waals surface area contributed by atoms with Crippen LogP contribution in [0.4, 0.5) is 5.82 Å². The van der Waals surface area contributed by atoms with E-state index in [1.807, 2.05) is 12.1 Å². The Kier molecular flexibility index (Phi) is 6.78. The van der Waals surface area contributed by atoms with Crippen LogP contribution in [0.5, 0.6) is 0 Å². The molecule has 4 aromatic rings. The number of aromatic nitrogens is 3. The molecule has 0 radical (unpaired) electrons. The Morgan fingerprint density at radius 2 is 1.70 bits per heavy atom. The van der Waals surface area contributed by atoms with E-state index in [2.05, 4.69) is 92.4 Å². The summed E-state index contributed by atoms with van der Waals surface area (Å²) in [5.41, 5.74) is 12.5. The third-order valence-corrected chi connectivity index (χ3v) is 8.29. The van der Waals surface area contributed by atoms with Gasteiger partial charge in [-0.25, -0.2) is 9.97 Å². The number of hydrogen-bond acceptors (Lipinski definition) is 4. The summed E-state index contributed by atoms with van der Waals surface area (Å²) in [5, 5.41) is 1.11. The average molecular weight is 498 g/mol. The van der Waals surface area contributed by atoms with Gasteiger partial charge in [-0.05, 0) is 62.1 Å². The Balaban J connectivity index is 1.43. The van der Waals surface area contributed by atoms with E-state index < -0.39 is 0 Å². The zero-order valence-corrected chi connectivity index (χ0v) is 23.5. The van der Waals surface area contributed by atoms with E-state index in [4.69, 9.17) is 10.7 Å². The quantitative estimate of drug-likeness (QED) is 0.265. The van der Waals surface area contributed by atoms with Gasteiger partial charge in [0.2, 0.25) is 0 Å². The van der Waals surface area contributed by atoms with Crippen molar-refractivity contribution in [1.29, 1.82) is 0 Å². The van der Waals surface area contributed by atoms with Crippen LogP contribution in [-0.2, 0) is 19.5 Å². The van der Waals surface area contributed by atoms with Crippen molar-refractivity contribution in [3.63, 3.8) is 0 Å². The molecule has 1 unspecified atom stereocenters. The molecule has 2 heterocycles. The molecule has 196 valence electrons. The number of aryl methyl sites for hydroxylation is 1. The number of nitrogens with zero attached hydrogens (tertiary/aromatic N) is 4. The molecule has 1 fully saturated rings. The first kappa shape index (κ1) is 25.7. The molecule has 1 atom stereocenters. The Labute approximate surface area is 222 Å². The van der Waals surface area contributed by atoms with Crippen molar-refractivity contribution < 1.29 is 0 Å². The van der Waals surface area contributed by atoms with Gasteiger partial charge in [-0.1, -0.05) is 69.7 Å². The lowest BCUT2D eigenvalue weighted by atomic mass is 10.0. The van der Waals surface area contributed by atoms with Crippen LogP contribution in [0.2, 0.25) is 0 Å². The number of fused-ring (bicyclic) bond motifs is 3. The zero-order chi connectivity index (χ0) is 26.4. The second kappa shape index (κ2) is 9.75. The van der Waals surface area contributed by atoms with Gasteiger partial charge in [-0.15, -0.1) is 0 Å². The summed E-state index contributed by atoms with van der Waals surface area (Å²) in [4.78, 5) is 12.3. The minimum atomic E-state index is 0.149. The molecule has 5 nitrogen and oxygen atoms in total. The largest absolute Gasteiger partial charge is 0.382 e. The molecule has 5 heteroatoms. The molecule has 2 N–H and O–H groups in total. The molecule has 5 rings (SSSR count). The van der Waals surface area contributed by atoms with E-state index in [1.165, 1.54) is 24.1 Å². The molecule has 0 amide bonds. The highest BCUT2D eigenvalue weighted by atomic mass is 15.2. The number of anilines is 1. The number of rotatable bonds is 9. The van der Waals surface area contributed by atoms with Gasteiger partial charge in [-0.3, -0.25) is 4.90 Å². The number of pyridine rings is 1. The maximum Gasteiger partial charge on any atom is 0.152 e. The fourth-order valence-corrected chi connectivity index (χ4v) is 5.48. The van der Waals surface area contributed by atoms with E-state index >= 15 is 0 Å². The summed E-state index contributed by atoms with van der Waals surface area (Å²) >= 11 is 0. The van der Waals surface area contributed by atoms with Gasteiger partial charge in [0.25, 0.3) is 0 Å². The highest BCUT2D eigenvalue weighted by Crippen LogP contribution is 2.52. The number of hydrogen-bond donors (Lipinski definition) is 1. The van der Waals surface area contributed by atoms with Crippen molar-refractivity contribution in [3.8, 4) is 0 Å². The van der Waals surface area contributed by atoms with Crippen LogP contribution in [0.25, 0.3) is 21.9 Å². The standard InChI is InChI=1S/C32H43N5/c1-7-8-13-27-35-28-29(25-11-9-10-12-26(25)34-30(28)33)37(27)20-23-16-14-22(15-17-23)19-36(31(2,3)4)21-24-18-32(24,5)6/h9-12,14-17,24H,7-8,13,18-21H2,1-6H3,(H2,33,34). The fourth-order valence-electron chi connectivity index (χ4n) is 5.48. The predicted octanol–water partition coefficient (Wildman–Crippen LogP) is 7.20. The molecule has 0 saturated heterocycles. The molecule has 2 aromatic heterocycles. The predicted molar refractivity (Wildman–Crippen MR) is 156 cm³/mol. The summed E-state index contributed by atoms with van der Waals surface area (Å²) in [6.07, 6.45) is 4.52. The average Bonchev–Trinajstić information content (AvgIpc) is 3.28. The van der Waals surface area contributed by atoms with Crippen molar-refractivity contribution in [2.45, 2.75) is 85.9 Å². The lowest BCUT2D eigenvalue weighted by molar-refractivity contribution is 0.116. The van der Waals surface area contributed by atoms with Crippen molar-refractivity contribution in [3.05, 3.63) is 65.5 Å². The normalized spacial score (nSPS) is 17.2. The maximum atomic E-state index is 6.39. The van der Waals surface area contributed by atoms with Crippen LogP contribution in [-0.4, -0.2) is 31.5 Å². The van der Waals surface area contributed by atoms with E-state index in [-0.39, 0.29) is 5.54 Å². The minimum Gasteiger partial charge on any atom is -0.382 e. The molecule has 0 aliphatic heterocycles. The molecule has 0 bridgehead atoms. The van der Waals surface area contributed by atoms with Crippen LogP contribution in [0.3, 0.4) is 0 Å². The Morgan fingerprint density at radius 3 is 2.35 bits per heavy atom. The molecular weight excluding hydrogens is 454 g/mol. The van der Waals surface area contributed by atoms with E-state index in [0.717, 1.165) is 66.0 Å². The topological polar surface area (TPSA) is 60.0 Å². The summed E-state index contributed by atoms with van der Waals surface area (Å²) in [6, 6.07) is 17.5. The first-order valence-electron chi connectivity index (χ1n) is 13.9. The number of imidazole rings is 1. The van der Waals surface area contributed by atoms with Crippen LogP contribution in [0.15, 0.2) is 48.5 Å². The summed E-state index contributed by atoms with van der Waals surface area (Å²) < 4.78 is 2.37. The van der Waals surface area contributed by atoms with Crippen LogP contribution in [0, 0.1) is 11.3 Å². The number of unbranched alkanes of at least 4 members (excludes halogenated alkanes) is 1. The smallest absolute Gasteiger partial charge is 0.152 e. The summed E-state index contributed by atoms with van der Waals surface area (Å²) in [7, 11) is 0. The Bertz CT molecular complexity index is 1390. The molecular formula is C32H43N5. The van der Waals surface area contributed by atoms with Gasteiger partial charge < -0.3 is 10.3 Å². The Morgan fingerprint density at radius 1 is 1.03 bits per heavy atom. The number of nitrogens with two attached hydrogens (primary N) is 1. The second-order valence-electron chi connectivity index (χ2n) is 12.7. The van der Waals surface area contributed by atoms with E-state index in [1.54, 1.807) is 0 Å². The van der Waals surface area contributed by atoms with Gasteiger partial charge in [0.05, 0.1) is 11.0 Å². The van der Waals surface area contributed by atoms with Crippen molar-refractivity contribution in [1.82, 2.24) is 19.4 Å². The van der Waals surface area contributed by atoms with Gasteiger partial charge in [0.1, 0.15) is 11.3 Å². The number of nitrogen functional groups attached to an aromatic ring is 1. The number of para-hydroxylation sites is 1. The van der Waals surface area contributed by atoms with Gasteiger partial charge in [0.15, 0.2) is 5.82 Å². The molecule has 1 saturated carbocycles. The highest BCUT2D eigenvalue weighted by molar-refractivity contribution is 6.06. The number of benzene rings is 2. The Hall–Kier alpha value is -2.92. The zero-order valence-electron chi connectivity index (χ0n) is 23.5. The van der Waals surface area contributed by atoms with Crippen LogP contribution in [0.1, 0.15) is 77.8 Å². The lowest BCUT2D eigenvalue weighted by Gasteiger charge is -2.36. The monoisotopic (exact) mass is 497 g/mol. The highest BCUT2D eigenvalue weighted by Gasteiger charge is 2.46. The van der Waals surface area contributed by atoms with Crippen LogP contribution >= 0.6 is 0 Å². The van der Waals surface area contributed by atoms with Crippen molar-refractivity contribution in [2.24, 2.45) is 11.3 Å². The second-order valence-corrected chi connectivity index (χ2v) is 12.7. The minimum absolute atomic E-state index is 0.149. The lowest BCUT2D eigenvalue weighted by Crippen LogP contribution is -2.42. The van der Waals surface area contributed by atoms with Gasteiger partial charge in [0, 0.05) is 37.0 Å². The maximum absolute atomic E-state index is 6.39. The van der Waals surface area contributed by atoms with E-state index in [0.29, 0.717) is 11.2 Å². The SMILES string of the molecule is CCCCc1nc2c(N)nc3ccccc3c2n1Cc1ccc(CN(CC2CC2(C)C)C(C)(C)C)cc1. The molecule has 1 aliphatic carbocycles. The van der Waals surface area contributed by atoms with Crippen molar-refractivity contribution >= 4 is 27.8 Å². The molecule has 0 spiro atoms.